The molecule has 0 aliphatic carbocycles. The lowest BCUT2D eigenvalue weighted by atomic mass is 9.93. The van der Waals surface area contributed by atoms with Crippen molar-refractivity contribution in [1.82, 2.24) is 0 Å². The highest BCUT2D eigenvalue weighted by Gasteiger charge is 2.28. The van der Waals surface area contributed by atoms with E-state index in [0.717, 1.165) is 11.8 Å². The van der Waals surface area contributed by atoms with Gasteiger partial charge in [0.2, 0.25) is 0 Å². The van der Waals surface area contributed by atoms with E-state index in [9.17, 15) is 0 Å². The van der Waals surface area contributed by atoms with Gasteiger partial charge in [0.25, 0.3) is 0 Å². The quantitative estimate of drug-likeness (QED) is 0.443. The fourth-order valence-electron chi connectivity index (χ4n) is 3.37. The third-order valence-electron chi connectivity index (χ3n) is 5.23. The summed E-state index contributed by atoms with van der Waals surface area (Å²) in [6, 6.07) is 0. The summed E-state index contributed by atoms with van der Waals surface area (Å²) >= 11 is 0. The molecule has 0 amide bonds. The third kappa shape index (κ3) is 7.26. The van der Waals surface area contributed by atoms with E-state index in [2.05, 4.69) is 33.4 Å². The summed E-state index contributed by atoms with van der Waals surface area (Å²) in [6.45, 7) is 16.5. The third-order valence-corrected chi connectivity index (χ3v) is 5.23. The van der Waals surface area contributed by atoms with Crippen molar-refractivity contribution in [2.24, 2.45) is 11.8 Å². The van der Waals surface area contributed by atoms with E-state index >= 15 is 0 Å². The Labute approximate surface area is 138 Å². The highest BCUT2D eigenvalue weighted by atomic mass is 79.9. The fraction of sp³-hybridized carbons (Fsp3) is 0.889. The zero-order chi connectivity index (χ0) is 14.1. The first-order valence-electron chi connectivity index (χ1n) is 8.58. The van der Waals surface area contributed by atoms with Crippen LogP contribution in [0, 0.1) is 11.8 Å². The van der Waals surface area contributed by atoms with E-state index in [1.165, 1.54) is 75.6 Å². The Balaban J connectivity index is 0.00000361. The topological polar surface area (TPSA) is 0 Å². The molecule has 2 unspecified atom stereocenters. The second-order valence-corrected chi connectivity index (χ2v) is 7.03. The maximum absolute atomic E-state index is 3.98. The zero-order valence-electron chi connectivity index (χ0n) is 14.0. The van der Waals surface area contributed by atoms with Gasteiger partial charge in [-0.1, -0.05) is 46.6 Å². The van der Waals surface area contributed by atoms with Crippen molar-refractivity contribution < 1.29 is 21.5 Å². The first-order valence-corrected chi connectivity index (χ1v) is 8.58. The number of quaternary nitrogens is 1. The minimum Gasteiger partial charge on any atom is -1.00 e. The molecular formula is C18H36BrN. The van der Waals surface area contributed by atoms with Crippen LogP contribution >= 0.6 is 0 Å². The monoisotopic (exact) mass is 345 g/mol. The Morgan fingerprint density at radius 2 is 1.60 bits per heavy atom. The molecule has 0 N–H and O–H groups in total. The largest absolute Gasteiger partial charge is 1.00 e. The van der Waals surface area contributed by atoms with Crippen molar-refractivity contribution in [3.8, 4) is 0 Å². The van der Waals surface area contributed by atoms with Gasteiger partial charge < -0.3 is 21.5 Å². The molecule has 0 radical (unpaired) electrons. The lowest BCUT2D eigenvalue weighted by molar-refractivity contribution is -0.927. The van der Waals surface area contributed by atoms with Crippen molar-refractivity contribution in [3.05, 3.63) is 12.7 Å². The Bertz CT molecular complexity index is 246. The Hall–Kier alpha value is 0.180. The summed E-state index contributed by atoms with van der Waals surface area (Å²) in [5.74, 6) is 1.81. The molecule has 1 rings (SSSR count). The first-order chi connectivity index (χ1) is 9.12. The molecule has 1 heterocycles. The Kier molecular flexibility index (Phi) is 10.9. The molecule has 0 aromatic carbocycles. The van der Waals surface area contributed by atoms with Gasteiger partial charge in [0.1, 0.15) is 0 Å². The number of hydrogen-bond donors (Lipinski definition) is 0. The van der Waals surface area contributed by atoms with Gasteiger partial charge in [-0.2, -0.15) is 0 Å². The number of piperidine rings is 1. The molecule has 1 nitrogen and oxygen atoms in total. The molecule has 1 aliphatic heterocycles. The van der Waals surface area contributed by atoms with Crippen LogP contribution in [0.2, 0.25) is 0 Å². The number of rotatable bonds is 9. The van der Waals surface area contributed by atoms with Crippen molar-refractivity contribution in [2.75, 3.05) is 26.2 Å². The summed E-state index contributed by atoms with van der Waals surface area (Å²) in [6.07, 6.45) is 12.0. The van der Waals surface area contributed by atoms with Gasteiger partial charge in [-0.15, -0.1) is 0 Å². The molecule has 0 bridgehead atoms. The van der Waals surface area contributed by atoms with E-state index in [-0.39, 0.29) is 17.0 Å². The molecule has 2 heteroatoms. The van der Waals surface area contributed by atoms with Gasteiger partial charge in [-0.05, 0) is 43.6 Å². The summed E-state index contributed by atoms with van der Waals surface area (Å²) < 4.78 is 1.33. The van der Waals surface area contributed by atoms with E-state index in [4.69, 9.17) is 0 Å². The van der Waals surface area contributed by atoms with Crippen LogP contribution in [0.3, 0.4) is 0 Å². The van der Waals surface area contributed by atoms with Crippen LogP contribution in [0.1, 0.15) is 65.7 Å². The minimum atomic E-state index is 0. The van der Waals surface area contributed by atoms with Crippen LogP contribution < -0.4 is 17.0 Å². The fourth-order valence-corrected chi connectivity index (χ4v) is 3.37. The second kappa shape index (κ2) is 10.8. The van der Waals surface area contributed by atoms with Crippen LogP contribution in [-0.4, -0.2) is 30.7 Å². The van der Waals surface area contributed by atoms with Crippen LogP contribution in [0.5, 0.6) is 0 Å². The SMILES string of the molecule is C=CC[N+]1(CCC(C)CCC(C)CC)CCCCC1.[Br-]. The van der Waals surface area contributed by atoms with Crippen molar-refractivity contribution >= 4 is 0 Å². The van der Waals surface area contributed by atoms with Crippen molar-refractivity contribution in [1.29, 1.82) is 0 Å². The molecule has 20 heavy (non-hydrogen) atoms. The maximum Gasteiger partial charge on any atom is 0.0971 e. The molecule has 1 aliphatic rings. The van der Waals surface area contributed by atoms with Gasteiger partial charge in [0.15, 0.2) is 0 Å². The number of hydrogen-bond acceptors (Lipinski definition) is 0. The molecular weight excluding hydrogens is 310 g/mol. The lowest BCUT2D eigenvalue weighted by Crippen LogP contribution is -3.00. The molecule has 0 saturated carbocycles. The predicted octanol–water partition coefficient (Wildman–Crippen LogP) is 2.03. The predicted molar refractivity (Wildman–Crippen MR) is 86.2 cm³/mol. The average molecular weight is 346 g/mol. The van der Waals surface area contributed by atoms with Crippen LogP contribution in [0.4, 0.5) is 0 Å². The Morgan fingerprint density at radius 1 is 1.00 bits per heavy atom. The van der Waals surface area contributed by atoms with Crippen LogP contribution in [-0.2, 0) is 0 Å². The first kappa shape index (κ1) is 20.2. The maximum atomic E-state index is 3.98. The smallest absolute Gasteiger partial charge is 0.0971 e. The second-order valence-electron chi connectivity index (χ2n) is 7.03. The molecule has 0 aromatic heterocycles. The van der Waals surface area contributed by atoms with E-state index in [1.807, 2.05) is 0 Å². The van der Waals surface area contributed by atoms with E-state index < -0.39 is 0 Å². The summed E-state index contributed by atoms with van der Waals surface area (Å²) in [7, 11) is 0. The molecule has 1 saturated heterocycles. The van der Waals surface area contributed by atoms with Crippen LogP contribution in [0.25, 0.3) is 0 Å². The standard InChI is InChI=1S/C18H36N.BrH/c1-5-13-19(14-8-7-9-15-19)16-12-18(4)11-10-17(3)6-2;/h5,17-18H,1,6-16H2,2-4H3;1H/q+1;/p-1. The highest BCUT2D eigenvalue weighted by Crippen LogP contribution is 2.23. The van der Waals surface area contributed by atoms with E-state index in [1.54, 1.807) is 0 Å². The molecule has 0 aromatic rings. The number of halogens is 1. The van der Waals surface area contributed by atoms with Crippen LogP contribution in [0.15, 0.2) is 12.7 Å². The van der Waals surface area contributed by atoms with Gasteiger partial charge in [0, 0.05) is 0 Å². The number of nitrogens with zero attached hydrogens (tertiary/aromatic N) is 1. The van der Waals surface area contributed by atoms with Gasteiger partial charge in [-0.3, -0.25) is 0 Å². The summed E-state index contributed by atoms with van der Waals surface area (Å²) in [5.41, 5.74) is 0. The van der Waals surface area contributed by atoms with Gasteiger partial charge in [-0.25, -0.2) is 0 Å². The van der Waals surface area contributed by atoms with Gasteiger partial charge in [0.05, 0.1) is 26.2 Å². The van der Waals surface area contributed by atoms with Crippen molar-refractivity contribution in [3.63, 3.8) is 0 Å². The zero-order valence-corrected chi connectivity index (χ0v) is 15.6. The normalized spacial score (nSPS) is 20.8. The highest BCUT2D eigenvalue weighted by molar-refractivity contribution is 4.69. The summed E-state index contributed by atoms with van der Waals surface area (Å²) in [5, 5.41) is 0. The molecule has 120 valence electrons. The minimum absolute atomic E-state index is 0. The van der Waals surface area contributed by atoms with Crippen molar-refractivity contribution in [2.45, 2.75) is 65.7 Å². The lowest BCUT2D eigenvalue weighted by Gasteiger charge is -2.41. The molecule has 0 spiro atoms. The molecule has 1 fully saturated rings. The molecule has 2 atom stereocenters. The van der Waals surface area contributed by atoms with Gasteiger partial charge >= 0.3 is 0 Å². The summed E-state index contributed by atoms with van der Waals surface area (Å²) in [4.78, 5) is 0. The number of likely N-dealkylation sites (tertiary alicyclic amines) is 1. The average Bonchev–Trinajstić information content (AvgIpc) is 2.44. The Morgan fingerprint density at radius 3 is 2.15 bits per heavy atom. The van der Waals surface area contributed by atoms with E-state index in [0.29, 0.717) is 0 Å².